The number of hydrogen-bond donors (Lipinski definition) is 0. The van der Waals surface area contributed by atoms with E-state index in [1.54, 1.807) is 12.5 Å². The van der Waals surface area contributed by atoms with Crippen LogP contribution < -0.4 is 0 Å². The Kier molecular flexibility index (Phi) is 3.83. The summed E-state index contributed by atoms with van der Waals surface area (Å²) in [7, 11) is 0. The van der Waals surface area contributed by atoms with Crippen LogP contribution in [-0.4, -0.2) is 39.3 Å². The van der Waals surface area contributed by atoms with Gasteiger partial charge >= 0.3 is 0 Å². The molecule has 4 nitrogen and oxygen atoms in total. The summed E-state index contributed by atoms with van der Waals surface area (Å²) < 4.78 is 2.03. The largest absolute Gasteiger partial charge is 0.342 e. The molecule has 1 aliphatic heterocycles. The SMILES string of the molecule is O=C1CC(CCl)CN1CCCn1ccnc1. The fraction of sp³-hybridized carbons (Fsp3) is 0.636. The quantitative estimate of drug-likeness (QED) is 0.731. The molecule has 1 aliphatic rings. The second-order valence-corrected chi connectivity index (χ2v) is 4.53. The first-order valence-corrected chi connectivity index (χ1v) is 6.12. The zero-order valence-corrected chi connectivity index (χ0v) is 9.94. The highest BCUT2D eigenvalue weighted by atomic mass is 35.5. The van der Waals surface area contributed by atoms with E-state index in [4.69, 9.17) is 11.6 Å². The van der Waals surface area contributed by atoms with Crippen molar-refractivity contribution >= 4 is 17.5 Å². The van der Waals surface area contributed by atoms with Crippen LogP contribution in [0.15, 0.2) is 18.7 Å². The van der Waals surface area contributed by atoms with Gasteiger partial charge in [0.1, 0.15) is 0 Å². The van der Waals surface area contributed by atoms with Crippen molar-refractivity contribution in [2.75, 3.05) is 19.0 Å². The highest BCUT2D eigenvalue weighted by Crippen LogP contribution is 2.18. The van der Waals surface area contributed by atoms with Crippen molar-refractivity contribution in [2.24, 2.45) is 5.92 Å². The minimum Gasteiger partial charge on any atom is -0.342 e. The standard InChI is InChI=1S/C11H16ClN3O/c12-7-10-6-11(16)15(8-10)4-1-3-14-5-2-13-9-14/h2,5,9-10H,1,3-4,6-8H2. The maximum absolute atomic E-state index is 11.6. The zero-order chi connectivity index (χ0) is 11.4. The maximum Gasteiger partial charge on any atom is 0.222 e. The third-order valence-electron chi connectivity index (χ3n) is 2.92. The predicted octanol–water partition coefficient (Wildman–Crippen LogP) is 1.36. The highest BCUT2D eigenvalue weighted by Gasteiger charge is 2.28. The summed E-state index contributed by atoms with van der Waals surface area (Å²) in [6.07, 6.45) is 7.09. The molecule has 0 bridgehead atoms. The van der Waals surface area contributed by atoms with Gasteiger partial charge in [-0.05, 0) is 12.3 Å². The lowest BCUT2D eigenvalue weighted by Gasteiger charge is -2.16. The lowest BCUT2D eigenvalue weighted by Crippen LogP contribution is -2.27. The highest BCUT2D eigenvalue weighted by molar-refractivity contribution is 6.18. The average molecular weight is 242 g/mol. The Morgan fingerprint density at radius 2 is 2.38 bits per heavy atom. The molecule has 1 unspecified atom stereocenters. The molecule has 1 saturated heterocycles. The molecule has 0 radical (unpaired) electrons. The summed E-state index contributed by atoms with van der Waals surface area (Å²) in [5, 5.41) is 0. The van der Waals surface area contributed by atoms with Crippen LogP contribution in [0.4, 0.5) is 0 Å². The number of carbonyl (C=O) groups is 1. The van der Waals surface area contributed by atoms with E-state index in [-0.39, 0.29) is 5.91 Å². The number of halogens is 1. The monoisotopic (exact) mass is 241 g/mol. The number of carbonyl (C=O) groups excluding carboxylic acids is 1. The molecule has 5 heteroatoms. The minimum absolute atomic E-state index is 0.247. The molecule has 0 aliphatic carbocycles. The first-order valence-electron chi connectivity index (χ1n) is 5.59. The smallest absolute Gasteiger partial charge is 0.222 e. The molecule has 88 valence electrons. The lowest BCUT2D eigenvalue weighted by molar-refractivity contribution is -0.127. The van der Waals surface area contributed by atoms with Crippen LogP contribution in [0.3, 0.4) is 0 Å². The minimum atomic E-state index is 0.247. The Morgan fingerprint density at radius 3 is 3.00 bits per heavy atom. The van der Waals surface area contributed by atoms with Crippen molar-refractivity contribution in [3.8, 4) is 0 Å². The van der Waals surface area contributed by atoms with Crippen LogP contribution in [0, 0.1) is 5.92 Å². The van der Waals surface area contributed by atoms with E-state index >= 15 is 0 Å². The van der Waals surface area contributed by atoms with Gasteiger partial charge in [0, 0.05) is 44.3 Å². The van der Waals surface area contributed by atoms with Crippen LogP contribution in [0.5, 0.6) is 0 Å². The summed E-state index contributed by atoms with van der Waals surface area (Å²) >= 11 is 5.76. The molecule has 1 aromatic heterocycles. The number of aryl methyl sites for hydroxylation is 1. The number of amides is 1. The van der Waals surface area contributed by atoms with Crippen molar-refractivity contribution in [1.29, 1.82) is 0 Å². The van der Waals surface area contributed by atoms with Crippen LogP contribution in [0.2, 0.25) is 0 Å². The fourth-order valence-corrected chi connectivity index (χ4v) is 2.24. The third-order valence-corrected chi connectivity index (χ3v) is 3.35. The van der Waals surface area contributed by atoms with Crippen LogP contribution in [0.1, 0.15) is 12.8 Å². The number of hydrogen-bond acceptors (Lipinski definition) is 2. The van der Waals surface area contributed by atoms with E-state index in [9.17, 15) is 4.79 Å². The Labute approximate surface area is 100 Å². The molecule has 1 aromatic rings. The Balaban J connectivity index is 1.72. The van der Waals surface area contributed by atoms with Gasteiger partial charge in [-0.2, -0.15) is 0 Å². The average Bonchev–Trinajstić information content (AvgIpc) is 2.89. The van der Waals surface area contributed by atoms with Gasteiger partial charge < -0.3 is 9.47 Å². The summed E-state index contributed by atoms with van der Waals surface area (Å²) in [6.45, 7) is 2.56. The van der Waals surface area contributed by atoms with Gasteiger partial charge in [0.25, 0.3) is 0 Å². The molecular formula is C11H16ClN3O. The van der Waals surface area contributed by atoms with Gasteiger partial charge in [-0.3, -0.25) is 4.79 Å². The van der Waals surface area contributed by atoms with Gasteiger partial charge in [-0.15, -0.1) is 11.6 Å². The summed E-state index contributed by atoms with van der Waals surface area (Å²) in [4.78, 5) is 17.5. The Morgan fingerprint density at radius 1 is 1.50 bits per heavy atom. The molecule has 0 N–H and O–H groups in total. The van der Waals surface area contributed by atoms with E-state index in [2.05, 4.69) is 4.98 Å². The predicted molar refractivity (Wildman–Crippen MR) is 62.3 cm³/mol. The molecule has 1 amide bonds. The molecule has 1 fully saturated rings. The first-order chi connectivity index (χ1) is 7.79. The summed E-state index contributed by atoms with van der Waals surface area (Å²) in [6, 6.07) is 0. The van der Waals surface area contributed by atoms with Gasteiger partial charge in [0.05, 0.1) is 6.33 Å². The summed E-state index contributed by atoms with van der Waals surface area (Å²) in [5.41, 5.74) is 0. The second kappa shape index (κ2) is 5.34. The van der Waals surface area contributed by atoms with E-state index in [1.165, 1.54) is 0 Å². The van der Waals surface area contributed by atoms with E-state index in [1.807, 2.05) is 15.7 Å². The number of likely N-dealkylation sites (tertiary alicyclic amines) is 1. The molecule has 0 aromatic carbocycles. The number of alkyl halides is 1. The fourth-order valence-electron chi connectivity index (χ4n) is 2.04. The molecule has 2 rings (SSSR count). The van der Waals surface area contributed by atoms with Crippen molar-refractivity contribution in [3.05, 3.63) is 18.7 Å². The Bertz CT molecular complexity index is 339. The van der Waals surface area contributed by atoms with E-state index in [0.717, 1.165) is 26.1 Å². The van der Waals surface area contributed by atoms with Gasteiger partial charge in [0.2, 0.25) is 5.91 Å². The molecule has 0 spiro atoms. The number of imidazole rings is 1. The van der Waals surface area contributed by atoms with E-state index < -0.39 is 0 Å². The van der Waals surface area contributed by atoms with Crippen molar-refractivity contribution in [2.45, 2.75) is 19.4 Å². The van der Waals surface area contributed by atoms with Crippen LogP contribution in [0.25, 0.3) is 0 Å². The molecule has 0 saturated carbocycles. The lowest BCUT2D eigenvalue weighted by atomic mass is 10.1. The number of rotatable bonds is 5. The maximum atomic E-state index is 11.6. The van der Waals surface area contributed by atoms with Gasteiger partial charge in [-0.1, -0.05) is 0 Å². The number of aromatic nitrogens is 2. The second-order valence-electron chi connectivity index (χ2n) is 4.22. The van der Waals surface area contributed by atoms with E-state index in [0.29, 0.717) is 18.2 Å². The molecule has 16 heavy (non-hydrogen) atoms. The number of nitrogens with zero attached hydrogens (tertiary/aromatic N) is 3. The molecule has 2 heterocycles. The molecular weight excluding hydrogens is 226 g/mol. The van der Waals surface area contributed by atoms with Crippen molar-refractivity contribution in [3.63, 3.8) is 0 Å². The zero-order valence-electron chi connectivity index (χ0n) is 9.18. The summed E-state index contributed by atoms with van der Waals surface area (Å²) in [5.74, 6) is 1.18. The van der Waals surface area contributed by atoms with Gasteiger partial charge in [0.15, 0.2) is 0 Å². The van der Waals surface area contributed by atoms with Crippen LogP contribution in [-0.2, 0) is 11.3 Å². The Hall–Kier alpha value is -1.03. The topological polar surface area (TPSA) is 38.1 Å². The van der Waals surface area contributed by atoms with Crippen molar-refractivity contribution in [1.82, 2.24) is 14.5 Å². The first kappa shape index (κ1) is 11.5. The third kappa shape index (κ3) is 2.76. The van der Waals surface area contributed by atoms with Crippen LogP contribution >= 0.6 is 11.6 Å². The van der Waals surface area contributed by atoms with Gasteiger partial charge in [-0.25, -0.2) is 4.98 Å². The van der Waals surface area contributed by atoms with Crippen molar-refractivity contribution < 1.29 is 4.79 Å². The normalized spacial score (nSPS) is 20.7. The molecule has 1 atom stereocenters.